The van der Waals surface area contributed by atoms with E-state index < -0.39 is 5.97 Å². The summed E-state index contributed by atoms with van der Waals surface area (Å²) >= 11 is 0. The van der Waals surface area contributed by atoms with Crippen molar-refractivity contribution in [3.63, 3.8) is 0 Å². The number of aryl methyl sites for hydroxylation is 1. The van der Waals surface area contributed by atoms with Crippen LogP contribution in [0.4, 0.5) is 0 Å². The Morgan fingerprint density at radius 3 is 2.10 bits per heavy atom. The average molecular weight is 657 g/mol. The Hall–Kier alpha value is -4.04. The molecule has 258 valence electrons. The number of hydrogen-bond donors (Lipinski definition) is 2. The molecule has 0 aromatic heterocycles. The Balaban J connectivity index is 0.000000338. The minimum Gasteiger partial charge on any atom is -0.493 e. The zero-order valence-electron chi connectivity index (χ0n) is 28.8. The third kappa shape index (κ3) is 9.10. The van der Waals surface area contributed by atoms with Gasteiger partial charge in [0.25, 0.3) is 0 Å². The molecule has 0 aliphatic heterocycles. The summed E-state index contributed by atoms with van der Waals surface area (Å²) in [4.78, 5) is 26.4. The molecule has 0 spiro atoms. The molecule has 0 saturated heterocycles. The Morgan fingerprint density at radius 2 is 1.52 bits per heavy atom. The summed E-state index contributed by atoms with van der Waals surface area (Å²) in [5, 5.41) is 9.32. The summed E-state index contributed by atoms with van der Waals surface area (Å²) in [6, 6.07) is 20.1. The summed E-state index contributed by atoms with van der Waals surface area (Å²) < 4.78 is 16.8. The predicted molar refractivity (Wildman–Crippen MR) is 187 cm³/mol. The van der Waals surface area contributed by atoms with Gasteiger partial charge in [-0.25, -0.2) is 4.79 Å². The highest BCUT2D eigenvalue weighted by molar-refractivity contribution is 5.89. The molecule has 3 N–H and O–H groups in total. The maximum atomic E-state index is 13.2. The van der Waals surface area contributed by atoms with E-state index in [0.717, 1.165) is 41.7 Å². The van der Waals surface area contributed by atoms with Crippen LogP contribution in [0.25, 0.3) is 0 Å². The summed E-state index contributed by atoms with van der Waals surface area (Å²) in [7, 11) is 3.21. The van der Waals surface area contributed by atoms with Crippen LogP contribution >= 0.6 is 0 Å². The number of unbranched alkanes of at least 4 members (excludes halogenated alkanes) is 1. The van der Waals surface area contributed by atoms with E-state index in [2.05, 4.69) is 6.92 Å². The summed E-state index contributed by atoms with van der Waals surface area (Å²) in [5.74, 6) is 4.12. The lowest BCUT2D eigenvalue weighted by molar-refractivity contribution is -0.131. The normalized spacial score (nSPS) is 22.0. The molecule has 0 unspecified atom stereocenters. The van der Waals surface area contributed by atoms with Gasteiger partial charge in [-0.3, -0.25) is 4.79 Å². The number of carbonyl (C=O) groups is 2. The van der Waals surface area contributed by atoms with Crippen molar-refractivity contribution in [3.8, 4) is 17.2 Å². The van der Waals surface area contributed by atoms with Gasteiger partial charge in [0.15, 0.2) is 11.5 Å². The quantitative estimate of drug-likeness (QED) is 0.183. The number of nitrogens with zero attached hydrogens (tertiary/aromatic N) is 1. The number of methoxy groups -OCH3 is 2. The SMILES string of the molecule is CCCCN(Cc1cccc(OC)c1OC)C(=O)CCc1ccc(OCc2ccccc2C(=O)O)cc1.NC12CC3CC(CC(C3)C1)C2. The third-order valence-corrected chi connectivity index (χ3v) is 10.3. The fourth-order valence-electron chi connectivity index (χ4n) is 8.28. The second kappa shape index (κ2) is 16.4. The van der Waals surface area contributed by atoms with Crippen LogP contribution in [0.1, 0.15) is 91.8 Å². The van der Waals surface area contributed by atoms with Crippen LogP contribution in [-0.4, -0.2) is 48.2 Å². The number of carboxylic acid groups (broad SMARTS) is 1. The van der Waals surface area contributed by atoms with E-state index in [4.69, 9.17) is 19.9 Å². The first-order valence-electron chi connectivity index (χ1n) is 17.5. The molecule has 0 atom stereocenters. The summed E-state index contributed by atoms with van der Waals surface area (Å²) in [5.41, 5.74) is 9.41. The topological polar surface area (TPSA) is 111 Å². The van der Waals surface area contributed by atoms with Gasteiger partial charge in [0, 0.05) is 36.2 Å². The van der Waals surface area contributed by atoms with Gasteiger partial charge in [0.05, 0.1) is 19.8 Å². The molecule has 4 fully saturated rings. The maximum absolute atomic E-state index is 13.2. The van der Waals surface area contributed by atoms with Crippen LogP contribution in [0.3, 0.4) is 0 Å². The molecule has 3 aromatic carbocycles. The Bertz CT molecular complexity index is 1490. The van der Waals surface area contributed by atoms with E-state index in [1.54, 1.807) is 38.5 Å². The minimum absolute atomic E-state index is 0.0870. The molecule has 7 rings (SSSR count). The van der Waals surface area contributed by atoms with Gasteiger partial charge in [-0.2, -0.15) is 0 Å². The van der Waals surface area contributed by atoms with Crippen LogP contribution in [0.15, 0.2) is 66.7 Å². The van der Waals surface area contributed by atoms with Crippen molar-refractivity contribution in [2.45, 2.75) is 89.8 Å². The average Bonchev–Trinajstić information content (AvgIpc) is 3.07. The van der Waals surface area contributed by atoms with Crippen molar-refractivity contribution < 1.29 is 28.9 Å². The highest BCUT2D eigenvalue weighted by Crippen LogP contribution is 2.54. The fourth-order valence-corrected chi connectivity index (χ4v) is 8.28. The molecular weight excluding hydrogens is 604 g/mol. The van der Waals surface area contributed by atoms with Crippen molar-refractivity contribution in [2.24, 2.45) is 23.5 Å². The number of aromatic carboxylic acids is 1. The zero-order valence-corrected chi connectivity index (χ0v) is 28.8. The van der Waals surface area contributed by atoms with Crippen molar-refractivity contribution in [1.29, 1.82) is 0 Å². The smallest absolute Gasteiger partial charge is 0.336 e. The number of benzene rings is 3. The first-order valence-corrected chi connectivity index (χ1v) is 17.5. The second-order valence-electron chi connectivity index (χ2n) is 14.0. The molecule has 8 heteroatoms. The van der Waals surface area contributed by atoms with Crippen molar-refractivity contribution in [1.82, 2.24) is 4.90 Å². The maximum Gasteiger partial charge on any atom is 0.336 e. The molecule has 0 heterocycles. The van der Waals surface area contributed by atoms with Gasteiger partial charge in [-0.15, -0.1) is 0 Å². The van der Waals surface area contributed by atoms with E-state index in [1.165, 1.54) is 38.5 Å². The molecule has 4 aliphatic carbocycles. The van der Waals surface area contributed by atoms with Gasteiger partial charge >= 0.3 is 5.97 Å². The first kappa shape index (κ1) is 35.3. The monoisotopic (exact) mass is 656 g/mol. The standard InChI is InChI=1S/C30H35NO6.C10H17N/c1-4-5-19-31(20-23-10-8-12-27(35-2)29(23)36-3)28(32)18-15-22-13-16-25(17-14-22)37-21-24-9-6-7-11-26(24)30(33)34;11-10-4-7-1-8(5-10)3-9(2-7)6-10/h6-14,16-17H,4-5,15,18-21H2,1-3H3,(H,33,34);7-9H,1-6,11H2. The summed E-state index contributed by atoms with van der Waals surface area (Å²) in [6.45, 7) is 3.42. The van der Waals surface area contributed by atoms with E-state index in [0.29, 0.717) is 54.3 Å². The third-order valence-electron chi connectivity index (χ3n) is 10.3. The van der Waals surface area contributed by atoms with Gasteiger partial charge in [0.2, 0.25) is 5.91 Å². The number of para-hydroxylation sites is 1. The van der Waals surface area contributed by atoms with Gasteiger partial charge in [-0.05, 0) is 98.9 Å². The first-order chi connectivity index (χ1) is 23.2. The molecular formula is C40H52N2O6. The Labute approximate surface area is 285 Å². The van der Waals surface area contributed by atoms with Crippen LogP contribution in [0, 0.1) is 17.8 Å². The number of carboxylic acids is 1. The van der Waals surface area contributed by atoms with Crippen molar-refractivity contribution in [2.75, 3.05) is 20.8 Å². The van der Waals surface area contributed by atoms with Gasteiger partial charge in [-0.1, -0.05) is 55.8 Å². The molecule has 4 bridgehead atoms. The number of nitrogens with two attached hydrogens (primary N) is 1. The molecule has 1 amide bonds. The number of hydrogen-bond acceptors (Lipinski definition) is 6. The van der Waals surface area contributed by atoms with Crippen molar-refractivity contribution in [3.05, 3.63) is 89.0 Å². The lowest BCUT2D eigenvalue weighted by atomic mass is 9.53. The number of rotatable bonds is 14. The molecule has 4 saturated carbocycles. The van der Waals surface area contributed by atoms with Gasteiger partial charge in [0.1, 0.15) is 12.4 Å². The van der Waals surface area contributed by atoms with Crippen LogP contribution in [0.5, 0.6) is 17.2 Å². The fraction of sp³-hybridized carbons (Fsp3) is 0.500. The molecule has 0 radical (unpaired) electrons. The predicted octanol–water partition coefficient (Wildman–Crippen LogP) is 7.66. The molecule has 3 aromatic rings. The second-order valence-corrected chi connectivity index (χ2v) is 14.0. The lowest BCUT2D eigenvalue weighted by Gasteiger charge is -2.55. The zero-order chi connectivity index (χ0) is 34.1. The lowest BCUT2D eigenvalue weighted by Crippen LogP contribution is -2.55. The van der Waals surface area contributed by atoms with Crippen LogP contribution < -0.4 is 19.9 Å². The van der Waals surface area contributed by atoms with E-state index in [-0.39, 0.29) is 18.1 Å². The Morgan fingerprint density at radius 1 is 0.875 bits per heavy atom. The van der Waals surface area contributed by atoms with E-state index in [9.17, 15) is 14.7 Å². The molecule has 4 aliphatic rings. The number of ether oxygens (including phenoxy) is 3. The van der Waals surface area contributed by atoms with E-state index >= 15 is 0 Å². The molecule has 8 nitrogen and oxygen atoms in total. The molecule has 48 heavy (non-hydrogen) atoms. The number of amides is 1. The van der Waals surface area contributed by atoms with Crippen molar-refractivity contribution >= 4 is 11.9 Å². The van der Waals surface area contributed by atoms with E-state index in [1.807, 2.05) is 47.4 Å². The number of carbonyl (C=O) groups excluding carboxylic acids is 1. The van der Waals surface area contributed by atoms with Gasteiger partial charge < -0.3 is 30.0 Å². The highest BCUT2D eigenvalue weighted by Gasteiger charge is 2.48. The largest absolute Gasteiger partial charge is 0.493 e. The highest BCUT2D eigenvalue weighted by atomic mass is 16.5. The van der Waals surface area contributed by atoms with Crippen LogP contribution in [0.2, 0.25) is 0 Å². The minimum atomic E-state index is -0.975. The van der Waals surface area contributed by atoms with Crippen LogP contribution in [-0.2, 0) is 24.4 Å². The summed E-state index contributed by atoms with van der Waals surface area (Å²) in [6.07, 6.45) is 11.5. The Kier molecular flexibility index (Phi) is 12.0.